The number of rotatable bonds is 8. The second-order valence-electron chi connectivity index (χ2n) is 11.0. The third-order valence-electron chi connectivity index (χ3n) is 7.63. The molecule has 2 aromatic carbocycles. The van der Waals surface area contributed by atoms with E-state index in [2.05, 4.69) is 21.0 Å². The van der Waals surface area contributed by atoms with Crippen LogP contribution in [-0.4, -0.2) is 72.6 Å². The Morgan fingerprint density at radius 3 is 2.51 bits per heavy atom. The molecule has 0 saturated carbocycles. The maximum atomic E-state index is 13.5. The van der Waals surface area contributed by atoms with Gasteiger partial charge in [-0.25, -0.2) is 5.48 Å². The highest BCUT2D eigenvalue weighted by Gasteiger charge is 2.52. The number of hydrogen-bond donors (Lipinski definition) is 4. The van der Waals surface area contributed by atoms with Crippen LogP contribution in [0.5, 0.6) is 0 Å². The number of hydroxylamine groups is 1. The number of likely N-dealkylation sites (tertiary alicyclic amines) is 1. The summed E-state index contributed by atoms with van der Waals surface area (Å²) in [5.74, 6) is -3.00. The minimum Gasteiger partial charge on any atom is -0.347 e. The van der Waals surface area contributed by atoms with E-state index in [-0.39, 0.29) is 25.3 Å². The van der Waals surface area contributed by atoms with Crippen molar-refractivity contribution in [3.05, 3.63) is 81.5 Å². The number of carbonyl (C=O) groups is 4. The molecule has 1 aromatic heterocycles. The summed E-state index contributed by atoms with van der Waals surface area (Å²) in [6.07, 6.45) is 0.149. The Bertz CT molecular complexity index is 1600. The Morgan fingerprint density at radius 1 is 1.07 bits per heavy atom. The van der Waals surface area contributed by atoms with Gasteiger partial charge in [0.1, 0.15) is 6.04 Å². The normalized spacial score (nSPS) is 17.5. The van der Waals surface area contributed by atoms with Gasteiger partial charge in [0.25, 0.3) is 5.91 Å². The zero-order chi connectivity index (χ0) is 32.1. The van der Waals surface area contributed by atoms with Crippen molar-refractivity contribution in [2.75, 3.05) is 26.3 Å². The third kappa shape index (κ3) is 7.56. The lowest BCUT2D eigenvalue weighted by Crippen LogP contribution is -2.49. The summed E-state index contributed by atoms with van der Waals surface area (Å²) in [6, 6.07) is 15.5. The van der Waals surface area contributed by atoms with E-state index in [4.69, 9.17) is 14.9 Å². The molecular weight excluding hydrogens is 598 g/mol. The topological polar surface area (TPSA) is 159 Å². The van der Waals surface area contributed by atoms with Crippen molar-refractivity contribution >= 4 is 40.9 Å². The van der Waals surface area contributed by atoms with Crippen LogP contribution in [0.2, 0.25) is 0 Å². The van der Waals surface area contributed by atoms with Gasteiger partial charge in [-0.2, -0.15) is 0 Å². The first-order valence-electron chi connectivity index (χ1n) is 14.5. The molecule has 0 bridgehead atoms. The molecule has 12 nitrogen and oxygen atoms in total. The van der Waals surface area contributed by atoms with Crippen LogP contribution in [0, 0.1) is 12.3 Å². The van der Waals surface area contributed by atoms with Gasteiger partial charge in [0, 0.05) is 34.7 Å². The first kappa shape index (κ1) is 31.8. The van der Waals surface area contributed by atoms with E-state index in [0.29, 0.717) is 24.3 Å². The number of amides is 3. The zero-order valence-electron chi connectivity index (χ0n) is 25.2. The van der Waals surface area contributed by atoms with Crippen molar-refractivity contribution in [2.45, 2.75) is 45.1 Å². The molecule has 236 valence electrons. The molecule has 45 heavy (non-hydrogen) atoms. The van der Waals surface area contributed by atoms with Gasteiger partial charge in [0.15, 0.2) is 11.6 Å². The van der Waals surface area contributed by atoms with Crippen molar-refractivity contribution in [3.63, 3.8) is 0 Å². The number of nitrogens with one attached hydrogen (secondary N) is 4. The van der Waals surface area contributed by atoms with Gasteiger partial charge in [0.05, 0.1) is 32.3 Å². The second kappa shape index (κ2) is 13.6. The molecule has 2 atom stereocenters. The zero-order valence-corrected chi connectivity index (χ0v) is 26.0. The van der Waals surface area contributed by atoms with E-state index in [1.165, 1.54) is 23.2 Å². The van der Waals surface area contributed by atoms with Crippen LogP contribution < -0.4 is 16.1 Å². The van der Waals surface area contributed by atoms with Crippen LogP contribution in [-0.2, 0) is 28.7 Å². The molecule has 4 N–H and O–H groups in total. The van der Waals surface area contributed by atoms with Gasteiger partial charge >= 0.3 is 5.97 Å². The van der Waals surface area contributed by atoms with E-state index in [9.17, 15) is 19.2 Å². The third-order valence-corrected chi connectivity index (χ3v) is 8.74. The van der Waals surface area contributed by atoms with Gasteiger partial charge in [-0.15, -0.1) is 11.3 Å². The first-order valence-corrected chi connectivity index (χ1v) is 15.4. The summed E-state index contributed by atoms with van der Waals surface area (Å²) in [5.41, 5.74) is 6.17. The minimum atomic E-state index is -1.08. The van der Waals surface area contributed by atoms with Crippen LogP contribution >= 0.6 is 11.3 Å². The Balaban J connectivity index is 1.23. The number of carbonyl (C=O) groups excluding carboxylic acids is 4. The molecule has 3 amide bonds. The predicted molar refractivity (Wildman–Crippen MR) is 166 cm³/mol. The summed E-state index contributed by atoms with van der Waals surface area (Å²) in [6.45, 7) is 5.47. The molecule has 2 aliphatic rings. The van der Waals surface area contributed by atoms with Crippen molar-refractivity contribution in [3.8, 4) is 11.1 Å². The molecular formula is C32H35N5O7S. The van der Waals surface area contributed by atoms with Gasteiger partial charge < -0.3 is 29.8 Å². The highest BCUT2D eigenvalue weighted by Crippen LogP contribution is 2.35. The number of nitrogens with zero attached hydrogens (tertiary/aromatic N) is 1. The molecule has 1 unspecified atom stereocenters. The number of hydrogen-bond acceptors (Lipinski definition) is 9. The number of amidine groups is 1. The number of thiophene rings is 1. The number of benzene rings is 2. The summed E-state index contributed by atoms with van der Waals surface area (Å²) in [7, 11) is 0. The minimum absolute atomic E-state index is 0.0548. The standard InChI is InChI=1S/C32H35N5O7S/c1-19-7-9-22(10-8-19)23-5-4-6-24(13-23)30(40)34-16-28(39)37-18-32(42-11-12-43-32)15-26(37)31(41)35-20(2)27-14-25(17-45-27)29(33)36-44-21(3)38/h4-10,13-14,17,20,26H,11-12,15-16,18H2,1-3H3,(H2,33,36)(H,34,40)(H,35,41)/t20?,26-/m0/s1. The smallest absolute Gasteiger partial charge is 0.329 e. The highest BCUT2D eigenvalue weighted by molar-refractivity contribution is 7.10. The summed E-state index contributed by atoms with van der Waals surface area (Å²) in [5, 5.41) is 15.4. The first-order chi connectivity index (χ1) is 21.5. The Morgan fingerprint density at radius 2 is 1.80 bits per heavy atom. The van der Waals surface area contributed by atoms with E-state index >= 15 is 0 Å². The lowest BCUT2D eigenvalue weighted by atomic mass is 10.0. The molecule has 2 aliphatic heterocycles. The van der Waals surface area contributed by atoms with Crippen molar-refractivity contribution in [1.29, 1.82) is 5.41 Å². The predicted octanol–water partition coefficient (Wildman–Crippen LogP) is 3.07. The van der Waals surface area contributed by atoms with E-state index in [0.717, 1.165) is 21.6 Å². The maximum Gasteiger partial charge on any atom is 0.329 e. The number of ether oxygens (including phenoxy) is 2. The highest BCUT2D eigenvalue weighted by atomic mass is 32.1. The van der Waals surface area contributed by atoms with Crippen LogP contribution in [0.3, 0.4) is 0 Å². The fraction of sp³-hybridized carbons (Fsp3) is 0.344. The molecule has 0 aliphatic carbocycles. The van der Waals surface area contributed by atoms with Crippen molar-refractivity contribution in [1.82, 2.24) is 21.0 Å². The fourth-order valence-electron chi connectivity index (χ4n) is 5.26. The molecule has 0 radical (unpaired) electrons. The molecule has 2 saturated heterocycles. The molecule has 3 aromatic rings. The van der Waals surface area contributed by atoms with Gasteiger partial charge in [-0.3, -0.25) is 24.6 Å². The van der Waals surface area contributed by atoms with Crippen molar-refractivity contribution < 1.29 is 33.5 Å². The van der Waals surface area contributed by atoms with Crippen LogP contribution in [0.4, 0.5) is 0 Å². The van der Waals surface area contributed by atoms with Crippen LogP contribution in [0.1, 0.15) is 52.7 Å². The second-order valence-corrected chi connectivity index (χ2v) is 12.0. The molecule has 13 heteroatoms. The lowest BCUT2D eigenvalue weighted by molar-refractivity contribution is -0.152. The molecule has 2 fully saturated rings. The van der Waals surface area contributed by atoms with E-state index in [1.54, 1.807) is 36.6 Å². The summed E-state index contributed by atoms with van der Waals surface area (Å²) >= 11 is 1.33. The van der Waals surface area contributed by atoms with Crippen LogP contribution in [0.15, 0.2) is 60.0 Å². The Kier molecular flexibility index (Phi) is 9.61. The van der Waals surface area contributed by atoms with Crippen LogP contribution in [0.25, 0.3) is 11.1 Å². The lowest BCUT2D eigenvalue weighted by Gasteiger charge is -2.25. The van der Waals surface area contributed by atoms with Gasteiger partial charge in [-0.05, 0) is 43.2 Å². The summed E-state index contributed by atoms with van der Waals surface area (Å²) < 4.78 is 11.7. The molecule has 5 rings (SSSR count). The van der Waals surface area contributed by atoms with E-state index < -0.39 is 41.6 Å². The Labute approximate surface area is 264 Å². The average molecular weight is 634 g/mol. The summed E-state index contributed by atoms with van der Waals surface area (Å²) in [4.78, 5) is 57.9. The molecule has 1 spiro atoms. The number of aryl methyl sites for hydroxylation is 1. The van der Waals surface area contributed by atoms with Gasteiger partial charge in [-0.1, -0.05) is 42.0 Å². The maximum absolute atomic E-state index is 13.5. The molecule has 3 heterocycles. The SMILES string of the molecule is CC(=O)ONC(=N)c1csc(C(C)NC(=O)[C@@H]2CC3(CN2C(=O)CNC(=O)c2cccc(-c4ccc(C)cc4)c2)OCCO3)c1. The Hall–Kier alpha value is -4.59. The fourth-order valence-corrected chi connectivity index (χ4v) is 6.17. The van der Waals surface area contributed by atoms with Gasteiger partial charge in [0.2, 0.25) is 11.8 Å². The monoisotopic (exact) mass is 633 g/mol. The van der Waals surface area contributed by atoms with Crippen molar-refractivity contribution in [2.24, 2.45) is 0 Å². The van der Waals surface area contributed by atoms with E-state index in [1.807, 2.05) is 37.3 Å². The average Bonchev–Trinajstić information content (AvgIpc) is 3.80. The largest absolute Gasteiger partial charge is 0.347 e. The quantitative estimate of drug-likeness (QED) is 0.167.